The van der Waals surface area contributed by atoms with Crippen molar-refractivity contribution in [1.82, 2.24) is 0 Å². The van der Waals surface area contributed by atoms with Crippen LogP contribution in [-0.4, -0.2) is 24.0 Å². The van der Waals surface area contributed by atoms with E-state index >= 15 is 0 Å². The Hall–Kier alpha value is -2.46. The highest BCUT2D eigenvalue weighted by Crippen LogP contribution is 2.17. The first-order valence-corrected chi connectivity index (χ1v) is 6.54. The van der Waals surface area contributed by atoms with Gasteiger partial charge in [0.15, 0.2) is 5.78 Å². The van der Waals surface area contributed by atoms with Gasteiger partial charge in [-0.1, -0.05) is 42.5 Å². The van der Waals surface area contributed by atoms with Crippen molar-refractivity contribution in [3.8, 4) is 0 Å². The summed E-state index contributed by atoms with van der Waals surface area (Å²) in [5.74, 6) is -1.05. The third-order valence-electron chi connectivity index (χ3n) is 3.11. The number of carbonyl (C=O) groups excluding carboxylic acids is 1. The van der Waals surface area contributed by atoms with Gasteiger partial charge >= 0.3 is 5.97 Å². The number of methoxy groups -OCH3 is 1. The Morgan fingerprint density at radius 2 is 1.86 bits per heavy atom. The molecule has 108 valence electrons. The molecule has 2 rings (SSSR count). The van der Waals surface area contributed by atoms with Gasteiger partial charge in [0, 0.05) is 18.2 Å². The van der Waals surface area contributed by atoms with E-state index in [1.807, 2.05) is 12.1 Å². The van der Waals surface area contributed by atoms with Crippen molar-refractivity contribution in [3.63, 3.8) is 0 Å². The van der Waals surface area contributed by atoms with Crippen LogP contribution in [-0.2, 0) is 22.6 Å². The lowest BCUT2D eigenvalue weighted by atomic mass is 9.97. The Bertz CT molecular complexity index is 661. The van der Waals surface area contributed by atoms with E-state index in [0.717, 1.165) is 5.56 Å². The van der Waals surface area contributed by atoms with Gasteiger partial charge in [0.1, 0.15) is 0 Å². The van der Waals surface area contributed by atoms with Crippen molar-refractivity contribution in [2.75, 3.05) is 7.11 Å². The highest BCUT2D eigenvalue weighted by molar-refractivity contribution is 6.10. The first-order chi connectivity index (χ1) is 10.1. The molecule has 0 unspecified atom stereocenters. The topological polar surface area (TPSA) is 63.6 Å². The second-order valence-electron chi connectivity index (χ2n) is 4.69. The minimum absolute atomic E-state index is 0.0964. The van der Waals surface area contributed by atoms with Crippen LogP contribution in [0, 0.1) is 0 Å². The van der Waals surface area contributed by atoms with Crippen molar-refractivity contribution in [3.05, 3.63) is 70.8 Å². The summed E-state index contributed by atoms with van der Waals surface area (Å²) in [5, 5.41) is 8.83. The summed E-state index contributed by atoms with van der Waals surface area (Å²) in [6, 6.07) is 14.0. The monoisotopic (exact) mass is 284 g/mol. The van der Waals surface area contributed by atoms with Crippen molar-refractivity contribution in [2.24, 2.45) is 0 Å². The fourth-order valence-electron chi connectivity index (χ4n) is 2.18. The Kier molecular flexibility index (Phi) is 4.85. The lowest BCUT2D eigenvalue weighted by Gasteiger charge is -2.08. The number of hydrogen-bond acceptors (Lipinski definition) is 3. The minimum Gasteiger partial charge on any atom is -0.481 e. The molecule has 2 aromatic rings. The number of carboxylic acid groups (broad SMARTS) is 1. The maximum absolute atomic E-state index is 12.6. The van der Waals surface area contributed by atoms with Crippen molar-refractivity contribution in [1.29, 1.82) is 0 Å². The lowest BCUT2D eigenvalue weighted by Crippen LogP contribution is -2.07. The third kappa shape index (κ3) is 3.77. The van der Waals surface area contributed by atoms with Crippen LogP contribution in [0.4, 0.5) is 0 Å². The molecule has 0 atom stereocenters. The Balaban J connectivity index is 2.34. The number of ether oxygens (including phenoxy) is 1. The van der Waals surface area contributed by atoms with E-state index in [1.54, 1.807) is 43.5 Å². The van der Waals surface area contributed by atoms with E-state index in [2.05, 4.69) is 0 Å². The normalized spacial score (nSPS) is 10.3. The summed E-state index contributed by atoms with van der Waals surface area (Å²) in [5.41, 5.74) is 2.48. The number of rotatable bonds is 6. The molecule has 0 aliphatic heterocycles. The molecule has 0 aliphatic rings. The molecule has 4 nitrogen and oxygen atoms in total. The first-order valence-electron chi connectivity index (χ1n) is 6.54. The molecule has 0 amide bonds. The molecule has 0 aliphatic carbocycles. The molecule has 21 heavy (non-hydrogen) atoms. The number of hydrogen-bond donors (Lipinski definition) is 1. The molecular weight excluding hydrogens is 268 g/mol. The molecule has 2 aromatic carbocycles. The van der Waals surface area contributed by atoms with Gasteiger partial charge < -0.3 is 9.84 Å². The second-order valence-corrected chi connectivity index (χ2v) is 4.69. The average molecular weight is 284 g/mol. The zero-order chi connectivity index (χ0) is 15.2. The van der Waals surface area contributed by atoms with Crippen LogP contribution in [0.5, 0.6) is 0 Å². The van der Waals surface area contributed by atoms with Crippen LogP contribution >= 0.6 is 0 Å². The fraction of sp³-hybridized carbons (Fsp3) is 0.176. The van der Waals surface area contributed by atoms with Crippen LogP contribution in [0.2, 0.25) is 0 Å². The maximum atomic E-state index is 12.6. The van der Waals surface area contributed by atoms with Gasteiger partial charge in [0.05, 0.1) is 13.0 Å². The number of aliphatic carboxylic acids is 1. The Labute approximate surface area is 123 Å². The van der Waals surface area contributed by atoms with Gasteiger partial charge in [-0.2, -0.15) is 0 Å². The smallest absolute Gasteiger partial charge is 0.307 e. The quantitative estimate of drug-likeness (QED) is 0.828. The summed E-state index contributed by atoms with van der Waals surface area (Å²) in [4.78, 5) is 23.3. The van der Waals surface area contributed by atoms with E-state index in [4.69, 9.17) is 9.84 Å². The fourth-order valence-corrected chi connectivity index (χ4v) is 2.18. The van der Waals surface area contributed by atoms with Gasteiger partial charge in [-0.15, -0.1) is 0 Å². The summed E-state index contributed by atoms with van der Waals surface area (Å²) >= 11 is 0. The van der Waals surface area contributed by atoms with Gasteiger partial charge in [-0.25, -0.2) is 0 Å². The van der Waals surface area contributed by atoms with E-state index in [1.165, 1.54) is 0 Å². The van der Waals surface area contributed by atoms with Crippen LogP contribution in [0.3, 0.4) is 0 Å². The van der Waals surface area contributed by atoms with Crippen LogP contribution in [0.1, 0.15) is 27.0 Å². The molecule has 4 heteroatoms. The maximum Gasteiger partial charge on any atom is 0.307 e. The second kappa shape index (κ2) is 6.81. The molecule has 0 bridgehead atoms. The van der Waals surface area contributed by atoms with Crippen molar-refractivity contribution >= 4 is 11.8 Å². The number of carbonyl (C=O) groups is 2. The number of benzene rings is 2. The van der Waals surface area contributed by atoms with E-state index in [9.17, 15) is 9.59 Å². The van der Waals surface area contributed by atoms with Crippen molar-refractivity contribution in [2.45, 2.75) is 13.0 Å². The molecule has 0 heterocycles. The molecule has 0 fully saturated rings. The van der Waals surface area contributed by atoms with E-state index in [0.29, 0.717) is 23.3 Å². The number of ketones is 1. The van der Waals surface area contributed by atoms with E-state index in [-0.39, 0.29) is 12.2 Å². The highest BCUT2D eigenvalue weighted by Gasteiger charge is 2.14. The molecule has 0 saturated carbocycles. The molecule has 1 N–H and O–H groups in total. The first kappa shape index (κ1) is 14.9. The third-order valence-corrected chi connectivity index (χ3v) is 3.11. The highest BCUT2D eigenvalue weighted by atomic mass is 16.5. The predicted octanol–water partition coefficient (Wildman–Crippen LogP) is 2.69. The molecule has 0 radical (unpaired) electrons. The van der Waals surface area contributed by atoms with E-state index < -0.39 is 5.97 Å². The van der Waals surface area contributed by atoms with Gasteiger partial charge in [0.2, 0.25) is 0 Å². The van der Waals surface area contributed by atoms with Gasteiger partial charge in [-0.3, -0.25) is 9.59 Å². The molecule has 0 saturated heterocycles. The Morgan fingerprint density at radius 3 is 2.57 bits per heavy atom. The zero-order valence-corrected chi connectivity index (χ0v) is 11.7. The SMILES string of the molecule is COCc1ccccc1C(=O)c1cccc(CC(=O)O)c1. The summed E-state index contributed by atoms with van der Waals surface area (Å²) in [6.45, 7) is 0.358. The predicted molar refractivity (Wildman–Crippen MR) is 78.4 cm³/mol. The van der Waals surface area contributed by atoms with Crippen LogP contribution in [0.25, 0.3) is 0 Å². The van der Waals surface area contributed by atoms with Gasteiger partial charge in [-0.05, 0) is 17.2 Å². The van der Waals surface area contributed by atoms with Crippen LogP contribution in [0.15, 0.2) is 48.5 Å². The van der Waals surface area contributed by atoms with Crippen molar-refractivity contribution < 1.29 is 19.4 Å². The number of carboxylic acids is 1. The lowest BCUT2D eigenvalue weighted by molar-refractivity contribution is -0.136. The van der Waals surface area contributed by atoms with Crippen LogP contribution < -0.4 is 0 Å². The zero-order valence-electron chi connectivity index (χ0n) is 11.7. The molecular formula is C17H16O4. The molecule has 0 spiro atoms. The minimum atomic E-state index is -0.917. The van der Waals surface area contributed by atoms with Gasteiger partial charge in [0.25, 0.3) is 0 Å². The summed E-state index contributed by atoms with van der Waals surface area (Å²) in [6.07, 6.45) is -0.0964. The largest absolute Gasteiger partial charge is 0.481 e. The average Bonchev–Trinajstić information content (AvgIpc) is 2.47. The Morgan fingerprint density at radius 1 is 1.10 bits per heavy atom. The summed E-state index contributed by atoms with van der Waals surface area (Å²) in [7, 11) is 1.58. The molecule has 0 aromatic heterocycles. The summed E-state index contributed by atoms with van der Waals surface area (Å²) < 4.78 is 5.10. The standard InChI is InChI=1S/C17H16O4/c1-21-11-14-6-2-3-8-15(14)17(20)13-7-4-5-12(9-13)10-16(18)19/h2-9H,10-11H2,1H3,(H,18,19).